The molecule has 1 aliphatic rings. The van der Waals surface area contributed by atoms with Crippen molar-refractivity contribution in [3.63, 3.8) is 0 Å². The van der Waals surface area contributed by atoms with E-state index in [2.05, 4.69) is 5.32 Å². The number of hydrogen-bond acceptors (Lipinski definition) is 1. The van der Waals surface area contributed by atoms with Crippen LogP contribution < -0.4 is 5.32 Å². The first-order valence-corrected chi connectivity index (χ1v) is 6.67. The Balaban J connectivity index is 1.99. The van der Waals surface area contributed by atoms with E-state index in [1.807, 2.05) is 31.2 Å². The molecule has 2 rings (SSSR count). The van der Waals surface area contributed by atoms with Crippen LogP contribution in [-0.4, -0.2) is 17.8 Å². The maximum absolute atomic E-state index is 12.0. The molecule has 1 N–H and O–H groups in total. The Kier molecular flexibility index (Phi) is 4.06. The van der Waals surface area contributed by atoms with Crippen molar-refractivity contribution in [2.45, 2.75) is 32.2 Å². The van der Waals surface area contributed by atoms with Gasteiger partial charge in [-0.1, -0.05) is 24.1 Å². The molecule has 2 atom stereocenters. The van der Waals surface area contributed by atoms with Gasteiger partial charge in [0, 0.05) is 17.5 Å². The van der Waals surface area contributed by atoms with Crippen molar-refractivity contribution in [2.75, 3.05) is 5.88 Å². The Bertz CT molecular complexity index is 388. The molecule has 0 heterocycles. The van der Waals surface area contributed by atoms with E-state index in [-0.39, 0.29) is 11.9 Å². The summed E-state index contributed by atoms with van der Waals surface area (Å²) >= 11 is 5.90. The van der Waals surface area contributed by atoms with Gasteiger partial charge in [-0.05, 0) is 37.8 Å². The van der Waals surface area contributed by atoms with E-state index in [0.717, 1.165) is 24.8 Å². The Hall–Kier alpha value is -1.02. The normalized spacial score (nSPS) is 23.6. The fourth-order valence-electron chi connectivity index (χ4n) is 2.37. The molecule has 17 heavy (non-hydrogen) atoms. The van der Waals surface area contributed by atoms with Gasteiger partial charge in [-0.15, -0.1) is 11.6 Å². The molecule has 0 saturated heterocycles. The lowest BCUT2D eigenvalue weighted by Crippen LogP contribution is -2.37. The number of benzene rings is 1. The molecule has 1 saturated carbocycles. The Morgan fingerprint density at radius 1 is 1.35 bits per heavy atom. The van der Waals surface area contributed by atoms with Crippen LogP contribution in [0.5, 0.6) is 0 Å². The Morgan fingerprint density at radius 2 is 2.06 bits per heavy atom. The van der Waals surface area contributed by atoms with Crippen LogP contribution in [0.3, 0.4) is 0 Å². The zero-order chi connectivity index (χ0) is 12.3. The second kappa shape index (κ2) is 5.54. The Morgan fingerprint density at radius 3 is 2.71 bits per heavy atom. The van der Waals surface area contributed by atoms with Gasteiger partial charge in [0.1, 0.15) is 0 Å². The summed E-state index contributed by atoms with van der Waals surface area (Å²) in [5.74, 6) is 1.09. The molecule has 0 bridgehead atoms. The van der Waals surface area contributed by atoms with Crippen molar-refractivity contribution in [1.82, 2.24) is 5.32 Å². The molecule has 1 aromatic rings. The third-order valence-corrected chi connectivity index (χ3v) is 3.88. The monoisotopic (exact) mass is 251 g/mol. The molecular formula is C14H18ClNO. The minimum atomic E-state index is 0.0204. The molecule has 1 aromatic carbocycles. The highest BCUT2D eigenvalue weighted by Crippen LogP contribution is 2.26. The summed E-state index contributed by atoms with van der Waals surface area (Å²) in [7, 11) is 0. The molecule has 0 radical (unpaired) electrons. The number of rotatable bonds is 3. The van der Waals surface area contributed by atoms with Gasteiger partial charge in [0.05, 0.1) is 0 Å². The minimum Gasteiger partial charge on any atom is -0.349 e. The summed E-state index contributed by atoms with van der Waals surface area (Å²) in [6.07, 6.45) is 3.34. The largest absolute Gasteiger partial charge is 0.349 e. The van der Waals surface area contributed by atoms with E-state index in [1.54, 1.807) is 0 Å². The molecule has 2 nitrogen and oxygen atoms in total. The molecule has 1 aliphatic carbocycles. The second-order valence-corrected chi connectivity index (χ2v) is 5.10. The average Bonchev–Trinajstić information content (AvgIpc) is 2.77. The van der Waals surface area contributed by atoms with Crippen LogP contribution in [-0.2, 0) is 0 Å². The quantitative estimate of drug-likeness (QED) is 0.822. The van der Waals surface area contributed by atoms with Gasteiger partial charge < -0.3 is 5.32 Å². The molecule has 1 fully saturated rings. The van der Waals surface area contributed by atoms with Crippen LogP contribution in [0.1, 0.15) is 35.2 Å². The maximum Gasteiger partial charge on any atom is 0.251 e. The summed E-state index contributed by atoms with van der Waals surface area (Å²) < 4.78 is 0. The second-order valence-electron chi connectivity index (χ2n) is 4.79. The van der Waals surface area contributed by atoms with Crippen LogP contribution in [0.15, 0.2) is 24.3 Å². The third kappa shape index (κ3) is 3.01. The minimum absolute atomic E-state index is 0.0204. The van der Waals surface area contributed by atoms with Gasteiger partial charge in [-0.2, -0.15) is 0 Å². The summed E-state index contributed by atoms with van der Waals surface area (Å²) in [6.45, 7) is 2.02. The number of carbonyl (C=O) groups is 1. The van der Waals surface area contributed by atoms with Gasteiger partial charge in [0.2, 0.25) is 0 Å². The summed E-state index contributed by atoms with van der Waals surface area (Å²) in [5.41, 5.74) is 1.90. The molecule has 3 heteroatoms. The number of hydrogen-bond donors (Lipinski definition) is 1. The first-order chi connectivity index (χ1) is 8.20. The van der Waals surface area contributed by atoms with Gasteiger partial charge in [-0.3, -0.25) is 4.79 Å². The third-order valence-electron chi connectivity index (χ3n) is 3.49. The molecule has 1 amide bonds. The molecule has 0 aliphatic heterocycles. The van der Waals surface area contributed by atoms with Crippen molar-refractivity contribution < 1.29 is 4.79 Å². The van der Waals surface area contributed by atoms with Crippen molar-refractivity contribution in [2.24, 2.45) is 5.92 Å². The SMILES string of the molecule is Cc1ccc(C(=O)NC2CCCC2CCl)cc1. The zero-order valence-electron chi connectivity index (χ0n) is 10.1. The smallest absolute Gasteiger partial charge is 0.251 e. The lowest BCUT2D eigenvalue weighted by Gasteiger charge is -2.18. The predicted molar refractivity (Wildman–Crippen MR) is 70.5 cm³/mol. The van der Waals surface area contributed by atoms with Crippen LogP contribution in [0.4, 0.5) is 0 Å². The van der Waals surface area contributed by atoms with Crippen molar-refractivity contribution in [1.29, 1.82) is 0 Å². The zero-order valence-corrected chi connectivity index (χ0v) is 10.8. The van der Waals surface area contributed by atoms with Crippen molar-refractivity contribution >= 4 is 17.5 Å². The number of carbonyl (C=O) groups excluding carboxylic acids is 1. The number of amides is 1. The van der Waals surface area contributed by atoms with E-state index in [4.69, 9.17) is 11.6 Å². The standard InChI is InChI=1S/C14H18ClNO/c1-10-5-7-11(8-6-10)14(17)16-13-4-2-3-12(13)9-15/h5-8,12-13H,2-4,9H2,1H3,(H,16,17). The highest BCUT2D eigenvalue weighted by atomic mass is 35.5. The maximum atomic E-state index is 12.0. The molecule has 0 spiro atoms. The number of nitrogens with one attached hydrogen (secondary N) is 1. The lowest BCUT2D eigenvalue weighted by atomic mass is 10.1. The fraction of sp³-hybridized carbons (Fsp3) is 0.500. The van der Waals surface area contributed by atoms with Gasteiger partial charge in [0.15, 0.2) is 0 Å². The van der Waals surface area contributed by atoms with E-state index in [1.165, 1.54) is 5.56 Å². The van der Waals surface area contributed by atoms with E-state index in [0.29, 0.717) is 11.8 Å². The first kappa shape index (κ1) is 12.4. The average molecular weight is 252 g/mol. The van der Waals surface area contributed by atoms with Crippen LogP contribution in [0.2, 0.25) is 0 Å². The van der Waals surface area contributed by atoms with E-state index < -0.39 is 0 Å². The number of halogens is 1. The molecule has 2 unspecified atom stereocenters. The highest BCUT2D eigenvalue weighted by Gasteiger charge is 2.27. The van der Waals surface area contributed by atoms with Crippen LogP contribution in [0.25, 0.3) is 0 Å². The number of alkyl halides is 1. The first-order valence-electron chi connectivity index (χ1n) is 6.14. The summed E-state index contributed by atoms with van der Waals surface area (Å²) in [5, 5.41) is 3.09. The predicted octanol–water partition coefficient (Wildman–Crippen LogP) is 3.13. The lowest BCUT2D eigenvalue weighted by molar-refractivity contribution is 0.0930. The molecule has 0 aromatic heterocycles. The summed E-state index contributed by atoms with van der Waals surface area (Å²) in [4.78, 5) is 12.0. The van der Waals surface area contributed by atoms with Gasteiger partial charge >= 0.3 is 0 Å². The Labute approximate surface area is 107 Å². The van der Waals surface area contributed by atoms with Gasteiger partial charge in [-0.25, -0.2) is 0 Å². The van der Waals surface area contributed by atoms with E-state index in [9.17, 15) is 4.79 Å². The number of aryl methyl sites for hydroxylation is 1. The summed E-state index contributed by atoms with van der Waals surface area (Å²) in [6, 6.07) is 7.91. The van der Waals surface area contributed by atoms with Crippen molar-refractivity contribution in [3.05, 3.63) is 35.4 Å². The van der Waals surface area contributed by atoms with Gasteiger partial charge in [0.25, 0.3) is 5.91 Å². The van der Waals surface area contributed by atoms with Crippen LogP contribution in [0, 0.1) is 12.8 Å². The van der Waals surface area contributed by atoms with E-state index >= 15 is 0 Å². The van der Waals surface area contributed by atoms with Crippen molar-refractivity contribution in [3.8, 4) is 0 Å². The fourth-order valence-corrected chi connectivity index (χ4v) is 2.74. The topological polar surface area (TPSA) is 29.1 Å². The highest BCUT2D eigenvalue weighted by molar-refractivity contribution is 6.18. The molecular weight excluding hydrogens is 234 g/mol. The van der Waals surface area contributed by atoms with Crippen LogP contribution >= 0.6 is 11.6 Å². The molecule has 92 valence electrons.